The summed E-state index contributed by atoms with van der Waals surface area (Å²) >= 11 is 0. The zero-order chi connectivity index (χ0) is 7.97. The van der Waals surface area contributed by atoms with Gasteiger partial charge < -0.3 is 4.74 Å². The molecule has 1 aliphatic carbocycles. The Morgan fingerprint density at radius 1 is 1.25 bits per heavy atom. The lowest BCUT2D eigenvalue weighted by Gasteiger charge is -2.06. The molecule has 0 bridgehead atoms. The molecular weight excluding hydrogens is 148 g/mol. The van der Waals surface area contributed by atoms with Gasteiger partial charge in [0.05, 0.1) is 12.7 Å². The SMILES string of the molecule is c1ccc2c(c1)CCC2[C@H]1CO1. The first-order valence-electron chi connectivity index (χ1n) is 4.64. The highest BCUT2D eigenvalue weighted by atomic mass is 16.6. The minimum Gasteiger partial charge on any atom is -0.372 e. The Hall–Kier alpha value is -0.820. The van der Waals surface area contributed by atoms with Gasteiger partial charge in [0, 0.05) is 5.92 Å². The van der Waals surface area contributed by atoms with E-state index >= 15 is 0 Å². The number of hydrogen-bond donors (Lipinski definition) is 0. The van der Waals surface area contributed by atoms with E-state index in [-0.39, 0.29) is 0 Å². The lowest BCUT2D eigenvalue weighted by Crippen LogP contribution is -2.00. The minimum atomic E-state index is 0.550. The molecule has 1 fully saturated rings. The van der Waals surface area contributed by atoms with Gasteiger partial charge in [-0.15, -0.1) is 0 Å². The predicted octanol–water partition coefficient (Wildman–Crippen LogP) is 2.12. The van der Waals surface area contributed by atoms with Crippen molar-refractivity contribution in [2.45, 2.75) is 24.9 Å². The van der Waals surface area contributed by atoms with Gasteiger partial charge in [-0.1, -0.05) is 24.3 Å². The first kappa shape index (κ1) is 6.67. The number of hydrogen-bond acceptors (Lipinski definition) is 1. The van der Waals surface area contributed by atoms with Crippen molar-refractivity contribution in [3.8, 4) is 0 Å². The Balaban J connectivity index is 2.01. The van der Waals surface area contributed by atoms with E-state index in [0.29, 0.717) is 12.0 Å². The van der Waals surface area contributed by atoms with Crippen molar-refractivity contribution in [2.75, 3.05) is 6.61 Å². The highest BCUT2D eigenvalue weighted by molar-refractivity contribution is 5.36. The fraction of sp³-hybridized carbons (Fsp3) is 0.455. The van der Waals surface area contributed by atoms with Crippen molar-refractivity contribution in [3.05, 3.63) is 35.4 Å². The molecule has 2 aliphatic rings. The Morgan fingerprint density at radius 2 is 2.08 bits per heavy atom. The molecule has 62 valence electrons. The molecule has 1 aromatic carbocycles. The molecule has 0 N–H and O–H groups in total. The van der Waals surface area contributed by atoms with Gasteiger partial charge in [-0.3, -0.25) is 0 Å². The van der Waals surface area contributed by atoms with Gasteiger partial charge in [0.15, 0.2) is 0 Å². The van der Waals surface area contributed by atoms with Gasteiger partial charge in [0.1, 0.15) is 0 Å². The number of fused-ring (bicyclic) bond motifs is 1. The zero-order valence-corrected chi connectivity index (χ0v) is 6.99. The van der Waals surface area contributed by atoms with Crippen LogP contribution in [0.25, 0.3) is 0 Å². The molecule has 2 atom stereocenters. The van der Waals surface area contributed by atoms with Crippen molar-refractivity contribution in [1.29, 1.82) is 0 Å². The molecule has 1 heteroatoms. The molecular formula is C11H12O. The Bertz CT molecular complexity index is 302. The van der Waals surface area contributed by atoms with E-state index in [1.54, 1.807) is 5.56 Å². The Labute approximate surface area is 72.4 Å². The molecule has 3 rings (SSSR count). The normalized spacial score (nSPS) is 31.7. The third-order valence-corrected chi connectivity index (χ3v) is 2.99. The van der Waals surface area contributed by atoms with Gasteiger partial charge in [0.25, 0.3) is 0 Å². The van der Waals surface area contributed by atoms with E-state index in [1.807, 2.05) is 0 Å². The highest BCUT2D eigenvalue weighted by Crippen LogP contribution is 2.40. The van der Waals surface area contributed by atoms with Crippen LogP contribution in [0.5, 0.6) is 0 Å². The molecule has 1 nitrogen and oxygen atoms in total. The largest absolute Gasteiger partial charge is 0.372 e. The molecule has 1 saturated heterocycles. The van der Waals surface area contributed by atoms with Crippen LogP contribution >= 0.6 is 0 Å². The number of ether oxygens (including phenoxy) is 1. The van der Waals surface area contributed by atoms with Crippen LogP contribution in [-0.4, -0.2) is 12.7 Å². The van der Waals surface area contributed by atoms with Gasteiger partial charge >= 0.3 is 0 Å². The van der Waals surface area contributed by atoms with Crippen LogP contribution in [-0.2, 0) is 11.2 Å². The quantitative estimate of drug-likeness (QED) is 0.573. The van der Waals surface area contributed by atoms with Gasteiger partial charge in [-0.2, -0.15) is 0 Å². The third-order valence-electron chi connectivity index (χ3n) is 2.99. The second-order valence-electron chi connectivity index (χ2n) is 3.72. The maximum Gasteiger partial charge on any atom is 0.0878 e. The van der Waals surface area contributed by atoms with E-state index in [9.17, 15) is 0 Å². The highest BCUT2D eigenvalue weighted by Gasteiger charge is 2.37. The molecule has 0 amide bonds. The minimum absolute atomic E-state index is 0.550. The van der Waals surface area contributed by atoms with Crippen LogP contribution in [0.15, 0.2) is 24.3 Å². The third kappa shape index (κ3) is 0.896. The van der Waals surface area contributed by atoms with Crippen LogP contribution in [0.3, 0.4) is 0 Å². The van der Waals surface area contributed by atoms with Crippen molar-refractivity contribution in [2.24, 2.45) is 0 Å². The number of benzene rings is 1. The average molecular weight is 160 g/mol. The van der Waals surface area contributed by atoms with Crippen LogP contribution in [0.4, 0.5) is 0 Å². The number of aryl methyl sites for hydroxylation is 1. The molecule has 0 radical (unpaired) electrons. The Kier molecular flexibility index (Phi) is 1.30. The summed E-state index contributed by atoms with van der Waals surface area (Å²) in [7, 11) is 0. The van der Waals surface area contributed by atoms with E-state index < -0.39 is 0 Å². The van der Waals surface area contributed by atoms with Crippen molar-refractivity contribution < 1.29 is 4.74 Å². The number of epoxide rings is 1. The summed E-state index contributed by atoms with van der Waals surface area (Å²) in [6, 6.07) is 8.78. The van der Waals surface area contributed by atoms with Crippen molar-refractivity contribution in [3.63, 3.8) is 0 Å². The van der Waals surface area contributed by atoms with E-state index in [0.717, 1.165) is 6.61 Å². The van der Waals surface area contributed by atoms with Crippen molar-refractivity contribution in [1.82, 2.24) is 0 Å². The second kappa shape index (κ2) is 2.33. The molecule has 0 saturated carbocycles. The van der Waals surface area contributed by atoms with Gasteiger partial charge in [0.2, 0.25) is 0 Å². The summed E-state index contributed by atoms with van der Waals surface area (Å²) in [5.41, 5.74) is 3.08. The standard InChI is InChI=1S/C11H12O/c1-2-4-9-8(3-1)5-6-10(9)11-7-12-11/h1-4,10-11H,5-7H2/t10?,11-/m1/s1. The summed E-state index contributed by atoms with van der Waals surface area (Å²) < 4.78 is 5.35. The van der Waals surface area contributed by atoms with Crippen LogP contribution in [0.1, 0.15) is 23.5 Å². The Morgan fingerprint density at radius 3 is 2.92 bits per heavy atom. The maximum atomic E-state index is 5.35. The molecule has 1 aliphatic heterocycles. The molecule has 1 unspecified atom stereocenters. The topological polar surface area (TPSA) is 12.5 Å². The molecule has 1 heterocycles. The summed E-state index contributed by atoms with van der Waals surface area (Å²) in [4.78, 5) is 0. The van der Waals surface area contributed by atoms with Crippen LogP contribution in [0.2, 0.25) is 0 Å². The zero-order valence-electron chi connectivity index (χ0n) is 6.99. The molecule has 0 aromatic heterocycles. The first-order valence-corrected chi connectivity index (χ1v) is 4.64. The van der Waals surface area contributed by atoms with Crippen molar-refractivity contribution >= 4 is 0 Å². The van der Waals surface area contributed by atoms with E-state index in [2.05, 4.69) is 24.3 Å². The van der Waals surface area contributed by atoms with E-state index in [1.165, 1.54) is 18.4 Å². The lowest BCUT2D eigenvalue weighted by atomic mass is 9.98. The summed E-state index contributed by atoms with van der Waals surface area (Å²) in [5, 5.41) is 0. The maximum absolute atomic E-state index is 5.35. The smallest absolute Gasteiger partial charge is 0.0878 e. The lowest BCUT2D eigenvalue weighted by molar-refractivity contribution is 0.372. The second-order valence-corrected chi connectivity index (χ2v) is 3.72. The summed E-state index contributed by atoms with van der Waals surface area (Å²) in [6.45, 7) is 0.985. The van der Waals surface area contributed by atoms with Gasteiger partial charge in [-0.25, -0.2) is 0 Å². The first-order chi connectivity index (χ1) is 5.95. The summed E-state index contributed by atoms with van der Waals surface area (Å²) in [6.07, 6.45) is 3.10. The fourth-order valence-corrected chi connectivity index (χ4v) is 2.26. The van der Waals surface area contributed by atoms with Crippen LogP contribution in [0, 0.1) is 0 Å². The number of rotatable bonds is 1. The molecule has 1 aromatic rings. The van der Waals surface area contributed by atoms with E-state index in [4.69, 9.17) is 4.74 Å². The average Bonchev–Trinajstić information content (AvgIpc) is 2.86. The predicted molar refractivity (Wildman–Crippen MR) is 47.2 cm³/mol. The monoisotopic (exact) mass is 160 g/mol. The molecule has 0 spiro atoms. The summed E-state index contributed by atoms with van der Waals surface area (Å²) in [5.74, 6) is 0.709. The fourth-order valence-electron chi connectivity index (χ4n) is 2.26. The van der Waals surface area contributed by atoms with Gasteiger partial charge in [-0.05, 0) is 24.0 Å². The molecule has 12 heavy (non-hydrogen) atoms. The van der Waals surface area contributed by atoms with Crippen LogP contribution < -0.4 is 0 Å².